The Balaban J connectivity index is 0.00000205. The van der Waals surface area contributed by atoms with E-state index in [1.165, 1.54) is 18.5 Å². The lowest BCUT2D eigenvalue weighted by atomic mass is 9.60. The smallest absolute Gasteiger partial charge is 0.215 e. The van der Waals surface area contributed by atoms with E-state index in [0.717, 1.165) is 63.4 Å². The van der Waals surface area contributed by atoms with Gasteiger partial charge in [0.05, 0.1) is 23.3 Å². The molecule has 2 aromatic rings. The molecule has 0 bridgehead atoms. The number of nitrogens with one attached hydrogen (secondary N) is 2. The van der Waals surface area contributed by atoms with Gasteiger partial charge < -0.3 is 14.9 Å². The highest BCUT2D eigenvalue weighted by atomic mass is 32.2. The fourth-order valence-corrected chi connectivity index (χ4v) is 5.51. The first-order valence-corrected chi connectivity index (χ1v) is 14.3. The number of carbonyl (C=O) groups excluding carboxylic acids is 2. The van der Waals surface area contributed by atoms with Crippen LogP contribution in [0.15, 0.2) is 35.3 Å². The van der Waals surface area contributed by atoms with Crippen molar-refractivity contribution in [2.75, 3.05) is 31.4 Å². The average molecular weight is 560 g/mol. The average Bonchev–Trinajstić information content (AvgIpc) is 2.94. The Morgan fingerprint density at radius 2 is 1.90 bits per heavy atom. The van der Waals surface area contributed by atoms with Gasteiger partial charge in [0.1, 0.15) is 5.82 Å². The van der Waals surface area contributed by atoms with Crippen LogP contribution in [0.3, 0.4) is 0 Å². The van der Waals surface area contributed by atoms with Crippen LogP contribution in [0.1, 0.15) is 67.9 Å². The van der Waals surface area contributed by atoms with Crippen LogP contribution in [0, 0.1) is 24.0 Å². The van der Waals surface area contributed by atoms with Crippen molar-refractivity contribution in [3.05, 3.63) is 58.7 Å². The number of rotatable bonds is 10. The summed E-state index contributed by atoms with van der Waals surface area (Å²) in [6.45, 7) is 10.5. The predicted octanol–water partition coefficient (Wildman–Crippen LogP) is 6.11. The van der Waals surface area contributed by atoms with E-state index in [9.17, 15) is 14.0 Å². The fourth-order valence-electron chi connectivity index (χ4n) is 4.97. The van der Waals surface area contributed by atoms with Crippen LogP contribution >= 0.6 is 12.1 Å². The Morgan fingerprint density at radius 3 is 2.51 bits per heavy atom. The first-order chi connectivity index (χ1) is 18.8. The lowest BCUT2D eigenvalue weighted by Crippen LogP contribution is -2.53. The summed E-state index contributed by atoms with van der Waals surface area (Å²) in [6, 6.07) is 7.18. The van der Waals surface area contributed by atoms with Crippen LogP contribution in [-0.2, 0) is 4.79 Å². The number of carbonyl (C=O) groups is 2. The SMILES string of the molecule is CC.CCN(C)SNc1ccc(F)c(C(=O)c2ccc(N=CN(C=O)C3CC4(CCNCC4)C3)c(C)c2)c1F. The molecular weight excluding hydrogens is 520 g/mol. The molecule has 1 saturated heterocycles. The van der Waals surface area contributed by atoms with Crippen LogP contribution in [-0.4, -0.2) is 60.5 Å². The molecule has 0 unspecified atom stereocenters. The lowest BCUT2D eigenvalue weighted by molar-refractivity contribution is -0.120. The van der Waals surface area contributed by atoms with E-state index in [4.69, 9.17) is 0 Å². The maximum absolute atomic E-state index is 15.1. The highest BCUT2D eigenvalue weighted by Gasteiger charge is 2.46. The van der Waals surface area contributed by atoms with Gasteiger partial charge in [0.15, 0.2) is 11.6 Å². The van der Waals surface area contributed by atoms with Gasteiger partial charge in [-0.3, -0.25) is 9.59 Å². The van der Waals surface area contributed by atoms with Crippen LogP contribution in [0.2, 0.25) is 0 Å². The molecule has 2 aromatic carbocycles. The molecule has 2 N–H and O–H groups in total. The molecule has 10 heteroatoms. The molecule has 4 rings (SSSR count). The van der Waals surface area contributed by atoms with Crippen molar-refractivity contribution < 1.29 is 18.4 Å². The first-order valence-electron chi connectivity index (χ1n) is 13.5. The van der Waals surface area contributed by atoms with Gasteiger partial charge in [-0.25, -0.2) is 18.1 Å². The predicted molar refractivity (Wildman–Crippen MR) is 155 cm³/mol. The third-order valence-electron chi connectivity index (χ3n) is 7.41. The molecule has 39 heavy (non-hydrogen) atoms. The molecule has 1 heterocycles. The third kappa shape index (κ3) is 7.23. The molecule has 212 valence electrons. The molecule has 1 spiro atoms. The van der Waals surface area contributed by atoms with Crippen molar-refractivity contribution in [2.24, 2.45) is 10.4 Å². The summed E-state index contributed by atoms with van der Waals surface area (Å²) in [6.07, 6.45) is 6.56. The van der Waals surface area contributed by atoms with E-state index < -0.39 is 23.0 Å². The fraction of sp³-hybridized carbons (Fsp3) is 0.483. The molecule has 1 amide bonds. The molecule has 1 aliphatic heterocycles. The number of anilines is 1. The Kier molecular flexibility index (Phi) is 11.0. The summed E-state index contributed by atoms with van der Waals surface area (Å²) >= 11 is 1.16. The highest BCUT2D eigenvalue weighted by molar-refractivity contribution is 7.98. The van der Waals surface area contributed by atoms with Gasteiger partial charge in [0, 0.05) is 30.3 Å². The van der Waals surface area contributed by atoms with Crippen LogP contribution in [0.5, 0.6) is 0 Å². The maximum atomic E-state index is 15.1. The zero-order valence-electron chi connectivity index (χ0n) is 23.4. The van der Waals surface area contributed by atoms with Crippen molar-refractivity contribution in [3.8, 4) is 0 Å². The second-order valence-corrected chi connectivity index (χ2v) is 10.9. The van der Waals surface area contributed by atoms with Gasteiger partial charge in [-0.15, -0.1) is 0 Å². The summed E-state index contributed by atoms with van der Waals surface area (Å²) in [7, 11) is 1.82. The summed E-state index contributed by atoms with van der Waals surface area (Å²) in [5.74, 6) is -2.60. The highest BCUT2D eigenvalue weighted by Crippen LogP contribution is 2.49. The van der Waals surface area contributed by atoms with Crippen molar-refractivity contribution in [2.45, 2.75) is 59.4 Å². The van der Waals surface area contributed by atoms with Crippen LogP contribution < -0.4 is 10.0 Å². The molecule has 7 nitrogen and oxygen atoms in total. The number of hydrogen-bond acceptors (Lipinski definition) is 7. The van der Waals surface area contributed by atoms with E-state index in [-0.39, 0.29) is 17.3 Å². The molecule has 1 saturated carbocycles. The minimum atomic E-state index is -0.935. The molecule has 2 aliphatic rings. The number of halogens is 2. The van der Waals surface area contributed by atoms with Gasteiger partial charge in [-0.2, -0.15) is 0 Å². The first kappa shape index (κ1) is 30.7. The van der Waals surface area contributed by atoms with Gasteiger partial charge in [-0.05, 0) is 94.1 Å². The van der Waals surface area contributed by atoms with E-state index >= 15 is 4.39 Å². The van der Waals surface area contributed by atoms with E-state index in [0.29, 0.717) is 23.2 Å². The minimum absolute atomic E-state index is 0.0317. The topological polar surface area (TPSA) is 77.0 Å². The van der Waals surface area contributed by atoms with E-state index in [1.807, 2.05) is 32.1 Å². The number of benzene rings is 2. The van der Waals surface area contributed by atoms with Crippen molar-refractivity contribution in [1.82, 2.24) is 14.5 Å². The van der Waals surface area contributed by atoms with Gasteiger partial charge >= 0.3 is 0 Å². The standard InChI is InChI=1S/C27H33F2N5O2S.C2H6/c1-4-33(3)37-32-23-8-6-21(28)24(25(23)29)26(36)19-5-7-22(18(2)13-19)31-16-34(17-35)20-14-27(15-20)9-11-30-12-10-27;1-2/h5-8,13,16-17,20,30,32H,4,9-12,14-15H2,1-3H3;1-2H3. The number of ketones is 1. The zero-order valence-corrected chi connectivity index (χ0v) is 24.2. The molecule has 0 radical (unpaired) electrons. The quantitative estimate of drug-likeness (QED) is 0.120. The number of amides is 1. The van der Waals surface area contributed by atoms with Gasteiger partial charge in [-0.1, -0.05) is 20.8 Å². The lowest BCUT2D eigenvalue weighted by Gasteiger charge is -2.52. The second kappa shape index (κ2) is 14.0. The van der Waals surface area contributed by atoms with Crippen molar-refractivity contribution in [1.29, 1.82) is 0 Å². The Morgan fingerprint density at radius 1 is 1.21 bits per heavy atom. The Labute approximate surface area is 234 Å². The van der Waals surface area contributed by atoms with E-state index in [2.05, 4.69) is 15.0 Å². The largest absolute Gasteiger partial charge is 0.317 e. The molecule has 0 aromatic heterocycles. The minimum Gasteiger partial charge on any atom is -0.317 e. The normalized spacial score (nSPS) is 16.5. The monoisotopic (exact) mass is 559 g/mol. The molecule has 2 fully saturated rings. The number of nitrogens with zero attached hydrogens (tertiary/aromatic N) is 3. The number of piperidine rings is 1. The summed E-state index contributed by atoms with van der Waals surface area (Å²) in [4.78, 5) is 30.9. The Hall–Kier alpha value is -2.82. The number of aryl methyl sites for hydroxylation is 1. The number of hydrogen-bond donors (Lipinski definition) is 2. The van der Waals surface area contributed by atoms with Crippen LogP contribution in [0.25, 0.3) is 0 Å². The summed E-state index contributed by atoms with van der Waals surface area (Å²) in [5.41, 5.74) is 1.16. The Bertz CT molecular complexity index is 1180. The zero-order chi connectivity index (χ0) is 28.6. The van der Waals surface area contributed by atoms with Crippen molar-refractivity contribution in [3.63, 3.8) is 0 Å². The summed E-state index contributed by atoms with van der Waals surface area (Å²) in [5, 5.41) is 3.38. The summed E-state index contributed by atoms with van der Waals surface area (Å²) < 4.78 is 34.3. The van der Waals surface area contributed by atoms with Gasteiger partial charge in [0.25, 0.3) is 0 Å². The maximum Gasteiger partial charge on any atom is 0.215 e. The van der Waals surface area contributed by atoms with Crippen molar-refractivity contribution >= 4 is 42.0 Å². The van der Waals surface area contributed by atoms with Crippen LogP contribution in [0.4, 0.5) is 20.2 Å². The second-order valence-electron chi connectivity index (χ2n) is 9.86. The molecular formula is C29H39F2N5O2S. The third-order valence-corrected chi connectivity index (χ3v) is 8.29. The number of aliphatic imine (C=N–C) groups is 1. The van der Waals surface area contributed by atoms with E-state index in [1.54, 1.807) is 24.0 Å². The van der Waals surface area contributed by atoms with Gasteiger partial charge in [0.2, 0.25) is 6.41 Å². The molecule has 1 aliphatic carbocycles. The molecule has 0 atom stereocenters.